The molecule has 4 rings (SSSR count). The summed E-state index contributed by atoms with van der Waals surface area (Å²) < 4.78 is 8.73. The van der Waals surface area contributed by atoms with E-state index >= 15 is 0 Å². The molecule has 142 valence electrons. The van der Waals surface area contributed by atoms with Gasteiger partial charge < -0.3 is 14.4 Å². The number of nitrogens with zero attached hydrogens (tertiary/aromatic N) is 2. The first-order chi connectivity index (χ1) is 13.5. The van der Waals surface area contributed by atoms with Crippen molar-refractivity contribution in [1.29, 1.82) is 0 Å². The van der Waals surface area contributed by atoms with Crippen LogP contribution in [0.15, 0.2) is 59.2 Å². The number of rotatable bonds is 6. The third-order valence-corrected chi connectivity index (χ3v) is 6.11. The molecule has 0 spiro atoms. The number of halogens is 1. The maximum atomic E-state index is 10.9. The SMILES string of the molecule is Cc1nc(-c2ccc(Br)cc2)sc1COc1ccc2c(ccn2CC(=O)O)c1. The zero-order chi connectivity index (χ0) is 19.7. The van der Waals surface area contributed by atoms with Gasteiger partial charge in [0.1, 0.15) is 23.9 Å². The molecule has 5 nitrogen and oxygen atoms in total. The summed E-state index contributed by atoms with van der Waals surface area (Å²) >= 11 is 5.08. The minimum Gasteiger partial charge on any atom is -0.488 e. The number of hydrogen-bond donors (Lipinski definition) is 1. The molecule has 4 aromatic rings. The lowest BCUT2D eigenvalue weighted by atomic mass is 10.2. The number of aromatic nitrogens is 2. The molecule has 0 saturated carbocycles. The average Bonchev–Trinajstić information content (AvgIpc) is 3.23. The third-order valence-electron chi connectivity index (χ3n) is 4.40. The lowest BCUT2D eigenvalue weighted by molar-refractivity contribution is -0.137. The Morgan fingerprint density at radius 2 is 2.00 bits per heavy atom. The Morgan fingerprint density at radius 3 is 2.75 bits per heavy atom. The van der Waals surface area contributed by atoms with Crippen LogP contribution in [0, 0.1) is 6.92 Å². The number of ether oxygens (including phenoxy) is 1. The summed E-state index contributed by atoms with van der Waals surface area (Å²) in [6, 6.07) is 15.7. The van der Waals surface area contributed by atoms with Crippen molar-refractivity contribution < 1.29 is 14.6 Å². The van der Waals surface area contributed by atoms with Gasteiger partial charge in [-0.2, -0.15) is 0 Å². The Hall–Kier alpha value is -2.64. The molecule has 7 heteroatoms. The normalized spacial score (nSPS) is 11.1. The van der Waals surface area contributed by atoms with Gasteiger partial charge in [0.25, 0.3) is 0 Å². The van der Waals surface area contributed by atoms with Gasteiger partial charge in [-0.1, -0.05) is 28.1 Å². The van der Waals surface area contributed by atoms with Gasteiger partial charge >= 0.3 is 5.97 Å². The fourth-order valence-corrected chi connectivity index (χ4v) is 4.22. The van der Waals surface area contributed by atoms with Crippen molar-refractivity contribution in [2.24, 2.45) is 0 Å². The van der Waals surface area contributed by atoms with Crippen molar-refractivity contribution in [3.63, 3.8) is 0 Å². The Balaban J connectivity index is 1.50. The average molecular weight is 457 g/mol. The predicted molar refractivity (Wildman–Crippen MR) is 114 cm³/mol. The summed E-state index contributed by atoms with van der Waals surface area (Å²) in [5, 5.41) is 10.9. The van der Waals surface area contributed by atoms with Crippen LogP contribution in [0.1, 0.15) is 10.6 Å². The molecule has 0 bridgehead atoms. The summed E-state index contributed by atoms with van der Waals surface area (Å²) in [4.78, 5) is 16.7. The van der Waals surface area contributed by atoms with Gasteiger partial charge in [-0.15, -0.1) is 11.3 Å². The molecular weight excluding hydrogens is 440 g/mol. The van der Waals surface area contributed by atoms with Crippen LogP contribution in [-0.2, 0) is 17.9 Å². The quantitative estimate of drug-likeness (QED) is 0.415. The van der Waals surface area contributed by atoms with E-state index in [1.54, 1.807) is 22.1 Å². The topological polar surface area (TPSA) is 64.4 Å². The Kier molecular flexibility index (Phi) is 5.19. The highest BCUT2D eigenvalue weighted by atomic mass is 79.9. The summed E-state index contributed by atoms with van der Waals surface area (Å²) in [5.74, 6) is -0.112. The molecule has 0 radical (unpaired) electrons. The number of thiazole rings is 1. The number of hydrogen-bond acceptors (Lipinski definition) is 4. The van der Waals surface area contributed by atoms with Crippen LogP contribution in [0.3, 0.4) is 0 Å². The van der Waals surface area contributed by atoms with Crippen LogP contribution in [0.2, 0.25) is 0 Å². The molecule has 2 aromatic heterocycles. The van der Waals surface area contributed by atoms with Gasteiger partial charge in [0.15, 0.2) is 0 Å². The molecule has 0 atom stereocenters. The van der Waals surface area contributed by atoms with E-state index in [4.69, 9.17) is 9.84 Å². The number of carboxylic acid groups (broad SMARTS) is 1. The maximum absolute atomic E-state index is 10.9. The van der Waals surface area contributed by atoms with Crippen LogP contribution in [0.4, 0.5) is 0 Å². The van der Waals surface area contributed by atoms with E-state index in [-0.39, 0.29) is 6.54 Å². The lowest BCUT2D eigenvalue weighted by Crippen LogP contribution is -2.07. The number of fused-ring (bicyclic) bond motifs is 1. The van der Waals surface area contributed by atoms with Gasteiger partial charge in [0, 0.05) is 27.1 Å². The fourth-order valence-electron chi connectivity index (χ4n) is 2.98. The van der Waals surface area contributed by atoms with Crippen LogP contribution >= 0.6 is 27.3 Å². The second-order valence-corrected chi connectivity index (χ2v) is 8.38. The molecule has 1 N–H and O–H groups in total. The van der Waals surface area contributed by atoms with E-state index in [9.17, 15) is 4.79 Å². The summed E-state index contributed by atoms with van der Waals surface area (Å²) in [7, 11) is 0. The van der Waals surface area contributed by atoms with Crippen LogP contribution < -0.4 is 4.74 Å². The van der Waals surface area contributed by atoms with Gasteiger partial charge in [-0.05, 0) is 43.3 Å². The van der Waals surface area contributed by atoms with Crippen molar-refractivity contribution in [2.45, 2.75) is 20.1 Å². The van der Waals surface area contributed by atoms with E-state index in [0.717, 1.165) is 42.3 Å². The van der Waals surface area contributed by atoms with Crippen molar-refractivity contribution >= 4 is 44.1 Å². The minimum atomic E-state index is -0.861. The Bertz CT molecular complexity index is 1150. The summed E-state index contributed by atoms with van der Waals surface area (Å²) in [6.45, 7) is 2.39. The van der Waals surface area contributed by atoms with E-state index in [0.29, 0.717) is 6.61 Å². The standard InChI is InChI=1S/C21H17BrN2O3S/c1-13-19(28-21(23-13)14-2-4-16(22)5-3-14)12-27-17-6-7-18-15(10-17)8-9-24(18)11-20(25)26/h2-10H,11-12H2,1H3,(H,25,26). The number of aliphatic carboxylic acids is 1. The maximum Gasteiger partial charge on any atom is 0.323 e. The van der Waals surface area contributed by atoms with Crippen molar-refractivity contribution in [3.8, 4) is 16.3 Å². The highest BCUT2D eigenvalue weighted by molar-refractivity contribution is 9.10. The molecule has 28 heavy (non-hydrogen) atoms. The molecule has 0 amide bonds. The largest absolute Gasteiger partial charge is 0.488 e. The molecule has 2 heterocycles. The first-order valence-electron chi connectivity index (χ1n) is 8.65. The van der Waals surface area contributed by atoms with Gasteiger partial charge in [0.05, 0.1) is 10.6 Å². The molecule has 0 fully saturated rings. The molecular formula is C21H17BrN2O3S. The number of carbonyl (C=O) groups is 1. The summed E-state index contributed by atoms with van der Waals surface area (Å²) in [6.07, 6.45) is 1.78. The fraction of sp³-hybridized carbons (Fsp3) is 0.143. The highest BCUT2D eigenvalue weighted by Crippen LogP contribution is 2.30. The molecule has 0 unspecified atom stereocenters. The molecule has 0 aliphatic heterocycles. The monoisotopic (exact) mass is 456 g/mol. The van der Waals surface area contributed by atoms with Crippen LogP contribution in [-0.4, -0.2) is 20.6 Å². The van der Waals surface area contributed by atoms with E-state index in [2.05, 4.69) is 20.9 Å². The smallest absolute Gasteiger partial charge is 0.323 e. The van der Waals surface area contributed by atoms with Gasteiger partial charge in [-0.25, -0.2) is 4.98 Å². The van der Waals surface area contributed by atoms with E-state index < -0.39 is 5.97 Å². The van der Waals surface area contributed by atoms with E-state index in [1.165, 1.54) is 0 Å². The van der Waals surface area contributed by atoms with Gasteiger partial charge in [-0.3, -0.25) is 4.79 Å². The van der Waals surface area contributed by atoms with Gasteiger partial charge in [0.2, 0.25) is 0 Å². The molecule has 0 aliphatic carbocycles. The highest BCUT2D eigenvalue weighted by Gasteiger charge is 2.11. The van der Waals surface area contributed by atoms with Crippen molar-refractivity contribution in [1.82, 2.24) is 9.55 Å². The summed E-state index contributed by atoms with van der Waals surface area (Å²) in [5.41, 5.74) is 2.93. The van der Waals surface area contributed by atoms with Crippen LogP contribution in [0.25, 0.3) is 21.5 Å². The molecule has 0 aliphatic rings. The number of aryl methyl sites for hydroxylation is 1. The molecule has 0 saturated heterocycles. The zero-order valence-corrected chi connectivity index (χ0v) is 17.5. The van der Waals surface area contributed by atoms with Crippen molar-refractivity contribution in [2.75, 3.05) is 0 Å². The Morgan fingerprint density at radius 1 is 1.21 bits per heavy atom. The van der Waals surface area contributed by atoms with E-state index in [1.807, 2.05) is 55.5 Å². The minimum absolute atomic E-state index is 0.0530. The van der Waals surface area contributed by atoms with Crippen molar-refractivity contribution in [3.05, 3.63) is 69.8 Å². The molecule has 2 aromatic carbocycles. The first-order valence-corrected chi connectivity index (χ1v) is 10.3. The second-order valence-electron chi connectivity index (χ2n) is 6.38. The number of benzene rings is 2. The predicted octanol–water partition coefficient (Wildman–Crippen LogP) is 5.50. The zero-order valence-electron chi connectivity index (χ0n) is 15.1. The third kappa shape index (κ3) is 3.95. The lowest BCUT2D eigenvalue weighted by Gasteiger charge is -2.06. The number of carboxylic acids is 1. The van der Waals surface area contributed by atoms with Crippen LogP contribution in [0.5, 0.6) is 5.75 Å². The second kappa shape index (κ2) is 7.77. The first kappa shape index (κ1) is 18.7. The Labute approximate surface area is 174 Å².